The van der Waals surface area contributed by atoms with Crippen LogP contribution < -0.4 is 5.73 Å². The minimum absolute atomic E-state index is 0.0442. The summed E-state index contributed by atoms with van der Waals surface area (Å²) in [4.78, 5) is 2.12. The molecule has 17 heavy (non-hydrogen) atoms. The van der Waals surface area contributed by atoms with Gasteiger partial charge in [0.1, 0.15) is 0 Å². The highest BCUT2D eigenvalue weighted by atomic mass is 16.3. The van der Waals surface area contributed by atoms with Gasteiger partial charge in [0.15, 0.2) is 0 Å². The second kappa shape index (κ2) is 5.16. The summed E-state index contributed by atoms with van der Waals surface area (Å²) in [6.07, 6.45) is 6.26. The van der Waals surface area contributed by atoms with Gasteiger partial charge < -0.3 is 10.8 Å². The minimum atomic E-state index is 0.0442. The largest absolute Gasteiger partial charge is 0.395 e. The third-order valence-corrected chi connectivity index (χ3v) is 3.55. The Bertz CT molecular complexity index is 361. The maximum atomic E-state index is 9.48. The Morgan fingerprint density at radius 1 is 1.65 bits per heavy atom. The van der Waals surface area contributed by atoms with Gasteiger partial charge in [0.05, 0.1) is 12.8 Å². The first-order valence-corrected chi connectivity index (χ1v) is 6.16. The van der Waals surface area contributed by atoms with Crippen LogP contribution in [-0.4, -0.2) is 45.5 Å². The molecule has 0 aromatic carbocycles. The molecule has 0 amide bonds. The molecule has 1 heterocycles. The quantitative estimate of drug-likeness (QED) is 0.729. The summed E-state index contributed by atoms with van der Waals surface area (Å²) < 4.78 is 1.79. The summed E-state index contributed by atoms with van der Waals surface area (Å²) in [5, 5.41) is 13.6. The zero-order chi connectivity index (χ0) is 12.4. The molecule has 96 valence electrons. The van der Waals surface area contributed by atoms with Crippen LogP contribution in [0.4, 0.5) is 0 Å². The van der Waals surface area contributed by atoms with Crippen molar-refractivity contribution >= 4 is 0 Å². The van der Waals surface area contributed by atoms with Crippen molar-refractivity contribution in [3.05, 3.63) is 18.0 Å². The van der Waals surface area contributed by atoms with Gasteiger partial charge >= 0.3 is 0 Å². The maximum absolute atomic E-state index is 9.48. The number of nitrogens with two attached hydrogens (primary N) is 1. The van der Waals surface area contributed by atoms with Crippen molar-refractivity contribution in [2.24, 2.45) is 18.7 Å². The van der Waals surface area contributed by atoms with Crippen molar-refractivity contribution in [3.63, 3.8) is 0 Å². The first kappa shape index (κ1) is 12.5. The summed E-state index contributed by atoms with van der Waals surface area (Å²) >= 11 is 0. The van der Waals surface area contributed by atoms with Crippen molar-refractivity contribution in [2.45, 2.75) is 31.5 Å². The van der Waals surface area contributed by atoms with Crippen LogP contribution in [0, 0.1) is 5.92 Å². The lowest BCUT2D eigenvalue weighted by Gasteiger charge is -2.31. The zero-order valence-electron chi connectivity index (χ0n) is 10.6. The van der Waals surface area contributed by atoms with Gasteiger partial charge in [0.2, 0.25) is 0 Å². The Hall–Kier alpha value is -0.910. The van der Waals surface area contributed by atoms with E-state index in [1.54, 1.807) is 4.68 Å². The number of aromatic nitrogens is 2. The average molecular weight is 238 g/mol. The second-order valence-electron chi connectivity index (χ2n) is 5.10. The van der Waals surface area contributed by atoms with E-state index in [0.29, 0.717) is 5.92 Å². The molecule has 1 saturated carbocycles. The number of rotatable bonds is 6. The molecule has 1 aromatic heterocycles. The fraction of sp³-hybridized carbons (Fsp3) is 0.750. The van der Waals surface area contributed by atoms with Crippen molar-refractivity contribution in [2.75, 3.05) is 13.7 Å². The molecule has 1 aromatic rings. The molecule has 2 unspecified atom stereocenters. The molecule has 0 saturated heterocycles. The van der Waals surface area contributed by atoms with Crippen molar-refractivity contribution < 1.29 is 5.11 Å². The maximum Gasteiger partial charge on any atom is 0.0602 e. The number of hydrogen-bond donors (Lipinski definition) is 2. The van der Waals surface area contributed by atoms with E-state index in [0.717, 1.165) is 12.1 Å². The lowest BCUT2D eigenvalue weighted by molar-refractivity contribution is 0.115. The molecule has 3 N–H and O–H groups in total. The highest BCUT2D eigenvalue weighted by Crippen LogP contribution is 2.33. The fourth-order valence-electron chi connectivity index (χ4n) is 2.31. The normalized spacial score (nSPS) is 19.6. The van der Waals surface area contributed by atoms with Gasteiger partial charge in [-0.2, -0.15) is 5.10 Å². The number of hydrogen-bond acceptors (Lipinski definition) is 4. The van der Waals surface area contributed by atoms with E-state index < -0.39 is 0 Å². The van der Waals surface area contributed by atoms with Crippen LogP contribution >= 0.6 is 0 Å². The van der Waals surface area contributed by atoms with Gasteiger partial charge in [-0.15, -0.1) is 0 Å². The number of aryl methyl sites for hydroxylation is 1. The molecule has 2 rings (SSSR count). The van der Waals surface area contributed by atoms with Crippen LogP contribution in [0.1, 0.15) is 18.4 Å². The lowest BCUT2D eigenvalue weighted by atomic mass is 10.0. The van der Waals surface area contributed by atoms with Crippen LogP contribution in [0.25, 0.3) is 0 Å². The Kier molecular flexibility index (Phi) is 3.81. The number of aliphatic hydroxyl groups is 1. The zero-order valence-corrected chi connectivity index (χ0v) is 10.6. The van der Waals surface area contributed by atoms with Crippen LogP contribution in [0.15, 0.2) is 12.4 Å². The standard InChI is InChI=1S/C12H22N4O/c1-15(6-9-5-14-16(2)7-9)11(8-17)12(13)10-3-4-10/h5,7,10-12,17H,3-4,6,8,13H2,1-2H3. The fourth-order valence-corrected chi connectivity index (χ4v) is 2.31. The molecule has 1 fully saturated rings. The lowest BCUT2D eigenvalue weighted by Crippen LogP contribution is -2.49. The van der Waals surface area contributed by atoms with E-state index in [9.17, 15) is 5.11 Å². The van der Waals surface area contributed by atoms with E-state index in [1.807, 2.05) is 26.5 Å². The van der Waals surface area contributed by atoms with E-state index in [1.165, 1.54) is 12.8 Å². The van der Waals surface area contributed by atoms with Gasteiger partial charge in [-0.25, -0.2) is 0 Å². The molecular weight excluding hydrogens is 216 g/mol. The van der Waals surface area contributed by atoms with Gasteiger partial charge in [0.25, 0.3) is 0 Å². The Morgan fingerprint density at radius 3 is 2.82 bits per heavy atom. The summed E-state index contributed by atoms with van der Waals surface area (Å²) in [5.41, 5.74) is 7.32. The molecule has 1 aliphatic rings. The van der Waals surface area contributed by atoms with Gasteiger partial charge in [-0.1, -0.05) is 0 Å². The molecule has 0 bridgehead atoms. The second-order valence-corrected chi connectivity index (χ2v) is 5.10. The summed E-state index contributed by atoms with van der Waals surface area (Å²) in [5.74, 6) is 0.600. The van der Waals surface area contributed by atoms with Gasteiger partial charge in [0, 0.05) is 37.4 Å². The highest BCUT2D eigenvalue weighted by Gasteiger charge is 2.35. The highest BCUT2D eigenvalue weighted by molar-refractivity contribution is 5.04. The Labute approximate surface area is 102 Å². The number of likely N-dealkylation sites (N-methyl/N-ethyl adjacent to an activating group) is 1. The van der Waals surface area contributed by atoms with E-state index >= 15 is 0 Å². The van der Waals surface area contributed by atoms with E-state index in [-0.39, 0.29) is 18.7 Å². The summed E-state index contributed by atoms with van der Waals surface area (Å²) in [7, 11) is 3.92. The molecule has 2 atom stereocenters. The molecule has 5 nitrogen and oxygen atoms in total. The summed E-state index contributed by atoms with van der Waals surface area (Å²) in [6, 6.07) is 0.129. The first-order chi connectivity index (χ1) is 8.11. The smallest absolute Gasteiger partial charge is 0.0602 e. The van der Waals surface area contributed by atoms with E-state index in [4.69, 9.17) is 5.73 Å². The van der Waals surface area contributed by atoms with Crippen LogP contribution in [0.3, 0.4) is 0 Å². The molecule has 5 heteroatoms. The van der Waals surface area contributed by atoms with Gasteiger partial charge in [-0.05, 0) is 25.8 Å². The summed E-state index contributed by atoms with van der Waals surface area (Å²) in [6.45, 7) is 0.897. The Balaban J connectivity index is 1.94. The molecule has 0 spiro atoms. The topological polar surface area (TPSA) is 67.3 Å². The average Bonchev–Trinajstić information content (AvgIpc) is 3.05. The molecule has 0 radical (unpaired) electrons. The first-order valence-electron chi connectivity index (χ1n) is 6.16. The monoisotopic (exact) mass is 238 g/mol. The van der Waals surface area contributed by atoms with Crippen molar-refractivity contribution in [1.82, 2.24) is 14.7 Å². The van der Waals surface area contributed by atoms with Crippen LogP contribution in [0.5, 0.6) is 0 Å². The van der Waals surface area contributed by atoms with E-state index in [2.05, 4.69) is 10.00 Å². The number of nitrogens with zero attached hydrogens (tertiary/aromatic N) is 3. The minimum Gasteiger partial charge on any atom is -0.395 e. The SMILES string of the molecule is CN(Cc1cnn(C)c1)C(CO)C(N)C1CC1. The van der Waals surface area contributed by atoms with Crippen molar-refractivity contribution in [3.8, 4) is 0 Å². The molecule has 1 aliphatic carbocycles. The molecular formula is C12H22N4O. The van der Waals surface area contributed by atoms with Crippen LogP contribution in [-0.2, 0) is 13.6 Å². The van der Waals surface area contributed by atoms with Gasteiger partial charge in [-0.3, -0.25) is 9.58 Å². The number of aliphatic hydroxyl groups excluding tert-OH is 1. The molecule has 0 aliphatic heterocycles. The third-order valence-electron chi connectivity index (χ3n) is 3.55. The van der Waals surface area contributed by atoms with Crippen LogP contribution in [0.2, 0.25) is 0 Å². The van der Waals surface area contributed by atoms with Crippen molar-refractivity contribution in [1.29, 1.82) is 0 Å². The Morgan fingerprint density at radius 2 is 2.35 bits per heavy atom. The third kappa shape index (κ3) is 3.06. The predicted octanol–water partition coefficient (Wildman–Crippen LogP) is -0.0499. The predicted molar refractivity (Wildman–Crippen MR) is 66.2 cm³/mol.